The quantitative estimate of drug-likeness (QED) is 0.151. The van der Waals surface area contributed by atoms with Gasteiger partial charge >= 0.3 is 0 Å². The Bertz CT molecular complexity index is 1470. The summed E-state index contributed by atoms with van der Waals surface area (Å²) in [6.07, 6.45) is 5.78. The summed E-state index contributed by atoms with van der Waals surface area (Å²) in [6, 6.07) is 19.2. The number of aryl methyl sites for hydroxylation is 1. The highest BCUT2D eigenvalue weighted by molar-refractivity contribution is 6.15. The molecule has 0 spiro atoms. The fourth-order valence-corrected chi connectivity index (χ4v) is 5.68. The molecule has 0 saturated carbocycles. The van der Waals surface area contributed by atoms with E-state index in [1.54, 1.807) is 0 Å². The second kappa shape index (κ2) is 12.2. The number of H-pyrrole nitrogens is 1. The summed E-state index contributed by atoms with van der Waals surface area (Å²) in [5.41, 5.74) is 9.60. The van der Waals surface area contributed by atoms with Gasteiger partial charge in [-0.15, -0.1) is 0 Å². The van der Waals surface area contributed by atoms with Crippen LogP contribution in [0.5, 0.6) is 5.75 Å². The van der Waals surface area contributed by atoms with E-state index in [1.165, 1.54) is 19.3 Å². The number of likely N-dealkylation sites (tertiary alicyclic amines) is 1. The third kappa shape index (κ3) is 6.36. The number of rotatable bonds is 10. The number of anilines is 1. The molecule has 210 valence electrons. The molecule has 4 aromatic rings. The van der Waals surface area contributed by atoms with E-state index >= 15 is 0 Å². The Balaban J connectivity index is 1.28. The van der Waals surface area contributed by atoms with Crippen molar-refractivity contribution in [2.45, 2.75) is 71.9 Å². The van der Waals surface area contributed by atoms with Crippen molar-refractivity contribution >= 4 is 22.2 Å². The summed E-state index contributed by atoms with van der Waals surface area (Å²) in [7, 11) is 0. The molecule has 1 aromatic heterocycles. The Labute approximate surface area is 237 Å². The molecule has 1 fully saturated rings. The number of hydrogen-bond acceptors (Lipinski definition) is 6. The van der Waals surface area contributed by atoms with Gasteiger partial charge in [-0.2, -0.15) is 5.10 Å². The first-order valence-electron chi connectivity index (χ1n) is 14.6. The average Bonchev–Trinajstić information content (AvgIpc) is 3.42. The van der Waals surface area contributed by atoms with E-state index in [2.05, 4.69) is 66.0 Å². The molecule has 1 saturated heterocycles. The Hall–Kier alpha value is -3.71. The summed E-state index contributed by atoms with van der Waals surface area (Å²) in [6.45, 7) is 10.7. The highest BCUT2D eigenvalue weighted by atomic mass is 16.5. The molecular weight excluding hydrogens is 496 g/mol. The van der Waals surface area contributed by atoms with Crippen LogP contribution in [0.15, 0.2) is 54.6 Å². The van der Waals surface area contributed by atoms with Crippen molar-refractivity contribution in [3.8, 4) is 17.1 Å². The van der Waals surface area contributed by atoms with Crippen molar-refractivity contribution in [3.63, 3.8) is 0 Å². The number of hydrogen-bond donors (Lipinski definition) is 3. The highest BCUT2D eigenvalue weighted by Gasteiger charge is 2.24. The van der Waals surface area contributed by atoms with Crippen molar-refractivity contribution in [3.05, 3.63) is 71.5 Å². The molecule has 0 radical (unpaired) electrons. The van der Waals surface area contributed by atoms with E-state index in [9.17, 15) is 0 Å². The highest BCUT2D eigenvalue weighted by Crippen LogP contribution is 2.27. The van der Waals surface area contributed by atoms with Gasteiger partial charge in [0.05, 0.1) is 5.71 Å². The zero-order valence-electron chi connectivity index (χ0n) is 24.2. The lowest BCUT2D eigenvalue weighted by molar-refractivity contribution is 0.0852. The number of nitrogens with two attached hydrogens (primary N) is 1. The molecule has 0 amide bonds. The fourth-order valence-electron chi connectivity index (χ4n) is 5.68. The maximum Gasteiger partial charge on any atom is 0.181 e. The molecule has 2 unspecified atom stereocenters. The number of nitrogen functional groups attached to an aromatic ring is 1. The third-order valence-electron chi connectivity index (χ3n) is 8.17. The largest absolute Gasteiger partial charge is 0.492 e. The molecule has 5 rings (SSSR count). The lowest BCUT2D eigenvalue weighted by Crippen LogP contribution is -2.45. The topological polar surface area (TPSA) is 104 Å². The fraction of sp³-hybridized carbons (Fsp3) is 0.424. The van der Waals surface area contributed by atoms with Gasteiger partial charge in [0.1, 0.15) is 18.2 Å². The first kappa shape index (κ1) is 27.8. The Morgan fingerprint density at radius 3 is 2.58 bits per heavy atom. The molecule has 7 nitrogen and oxygen atoms in total. The summed E-state index contributed by atoms with van der Waals surface area (Å²) in [4.78, 5) is 7.23. The number of ether oxygens (including phenoxy) is 1. The van der Waals surface area contributed by atoms with Crippen LogP contribution in [0.3, 0.4) is 0 Å². The van der Waals surface area contributed by atoms with Gasteiger partial charge in [0.2, 0.25) is 0 Å². The van der Waals surface area contributed by atoms with E-state index in [0.29, 0.717) is 47.4 Å². The van der Waals surface area contributed by atoms with Crippen LogP contribution >= 0.6 is 0 Å². The molecule has 40 heavy (non-hydrogen) atoms. The van der Waals surface area contributed by atoms with Gasteiger partial charge in [-0.05, 0) is 86.2 Å². The van der Waals surface area contributed by atoms with Crippen LogP contribution in [0.2, 0.25) is 0 Å². The van der Waals surface area contributed by atoms with E-state index in [4.69, 9.17) is 15.9 Å². The molecule has 1 aliphatic rings. The number of piperidine rings is 1. The number of nitrogens with zero attached hydrogens (tertiary/aromatic N) is 3. The Kier molecular flexibility index (Phi) is 8.50. The Morgan fingerprint density at radius 1 is 1.05 bits per heavy atom. The molecule has 0 aliphatic carbocycles. The molecule has 1 aliphatic heterocycles. The Morgan fingerprint density at radius 2 is 1.80 bits per heavy atom. The molecule has 2 heterocycles. The van der Waals surface area contributed by atoms with Crippen molar-refractivity contribution in [1.29, 1.82) is 5.41 Å². The molecule has 0 bridgehead atoms. The molecule has 7 heteroatoms. The predicted molar refractivity (Wildman–Crippen MR) is 164 cm³/mol. The van der Waals surface area contributed by atoms with Crippen molar-refractivity contribution in [2.75, 3.05) is 18.9 Å². The summed E-state index contributed by atoms with van der Waals surface area (Å²) < 4.78 is 6.15. The van der Waals surface area contributed by atoms with Crippen molar-refractivity contribution < 1.29 is 4.74 Å². The standard InChI is InChI=1S/C33H42N6O/c1-21(2)8-15-31-36-33(38-37-31)27-12-14-30(34)29(20-27)32(35)26-10-9-25-19-28(13-11-24(25)18-26)40-17-16-39-22(3)6-5-7-23(39)4/h9-14,18-23,35H,5-8,15-17,34H2,1-4H3,(H,36,37,38). The third-order valence-corrected chi connectivity index (χ3v) is 8.17. The van der Waals surface area contributed by atoms with Crippen LogP contribution in [-0.4, -0.2) is 51.0 Å². The van der Waals surface area contributed by atoms with Gasteiger partial charge in [-0.3, -0.25) is 15.4 Å². The molecule has 3 aromatic carbocycles. The lowest BCUT2D eigenvalue weighted by atomic mass is 9.96. The average molecular weight is 539 g/mol. The van der Waals surface area contributed by atoms with Gasteiger partial charge in [0, 0.05) is 47.4 Å². The minimum Gasteiger partial charge on any atom is -0.492 e. The minimum absolute atomic E-state index is 0.377. The van der Waals surface area contributed by atoms with E-state index < -0.39 is 0 Å². The van der Waals surface area contributed by atoms with Gasteiger partial charge in [-0.1, -0.05) is 38.5 Å². The summed E-state index contributed by atoms with van der Waals surface area (Å²) >= 11 is 0. The monoisotopic (exact) mass is 538 g/mol. The zero-order chi connectivity index (χ0) is 28.2. The van der Waals surface area contributed by atoms with Crippen molar-refractivity contribution in [2.24, 2.45) is 5.92 Å². The van der Waals surface area contributed by atoms with Crippen LogP contribution in [-0.2, 0) is 6.42 Å². The van der Waals surface area contributed by atoms with Crippen LogP contribution in [0, 0.1) is 11.3 Å². The van der Waals surface area contributed by atoms with Crippen LogP contribution in [0.25, 0.3) is 22.2 Å². The summed E-state index contributed by atoms with van der Waals surface area (Å²) in [5, 5.41) is 18.6. The van der Waals surface area contributed by atoms with E-state index in [-0.39, 0.29) is 0 Å². The first-order chi connectivity index (χ1) is 19.3. The lowest BCUT2D eigenvalue weighted by Gasteiger charge is -2.38. The summed E-state index contributed by atoms with van der Waals surface area (Å²) in [5.74, 6) is 2.99. The first-order valence-corrected chi connectivity index (χ1v) is 14.6. The van der Waals surface area contributed by atoms with Gasteiger partial charge in [-0.25, -0.2) is 4.98 Å². The zero-order valence-corrected chi connectivity index (χ0v) is 24.2. The second-order valence-corrected chi connectivity index (χ2v) is 11.7. The number of nitrogens with one attached hydrogen (secondary N) is 2. The van der Waals surface area contributed by atoms with Crippen LogP contribution in [0.4, 0.5) is 5.69 Å². The number of fused-ring (bicyclic) bond motifs is 1. The maximum absolute atomic E-state index is 8.97. The molecule has 4 N–H and O–H groups in total. The molecule has 2 atom stereocenters. The second-order valence-electron chi connectivity index (χ2n) is 11.7. The molecular formula is C33H42N6O. The minimum atomic E-state index is 0.377. The van der Waals surface area contributed by atoms with Crippen molar-refractivity contribution in [1.82, 2.24) is 20.1 Å². The van der Waals surface area contributed by atoms with Gasteiger partial charge < -0.3 is 10.5 Å². The van der Waals surface area contributed by atoms with E-state index in [0.717, 1.165) is 52.9 Å². The normalized spacial score (nSPS) is 17.9. The maximum atomic E-state index is 8.97. The van der Waals surface area contributed by atoms with E-state index in [1.807, 2.05) is 36.4 Å². The predicted octanol–water partition coefficient (Wildman–Crippen LogP) is 6.85. The number of aromatic amines is 1. The number of aromatic nitrogens is 3. The van der Waals surface area contributed by atoms with Gasteiger partial charge in [0.25, 0.3) is 0 Å². The van der Waals surface area contributed by atoms with Gasteiger partial charge in [0.15, 0.2) is 5.82 Å². The van der Waals surface area contributed by atoms with Crippen LogP contribution in [0.1, 0.15) is 70.3 Å². The smallest absolute Gasteiger partial charge is 0.181 e. The number of benzene rings is 3. The van der Waals surface area contributed by atoms with Crippen LogP contribution < -0.4 is 10.5 Å². The SMILES string of the molecule is CC(C)CCc1nc(-c2ccc(N)c(C(=N)c3ccc4cc(OCCN5C(C)CCCC5C)ccc4c3)c2)n[nH]1.